The summed E-state index contributed by atoms with van der Waals surface area (Å²) < 4.78 is 59.2. The third-order valence-corrected chi connectivity index (χ3v) is 2.05. The van der Waals surface area contributed by atoms with Crippen molar-refractivity contribution < 1.29 is 21.9 Å². The summed E-state index contributed by atoms with van der Waals surface area (Å²) in [6, 6.07) is 3.75. The third-order valence-electron chi connectivity index (χ3n) is 1.66. The summed E-state index contributed by atoms with van der Waals surface area (Å²) in [7, 11) is 0. The van der Waals surface area contributed by atoms with Gasteiger partial charge in [0, 0.05) is 11.3 Å². The highest BCUT2D eigenvalue weighted by Crippen LogP contribution is 2.32. The molecule has 1 aromatic carbocycles. The number of alkyl halides is 3. The number of halogens is 3. The van der Waals surface area contributed by atoms with Crippen LogP contribution in [0.4, 0.5) is 18.9 Å². The van der Waals surface area contributed by atoms with Crippen LogP contribution in [-0.2, 0) is 17.4 Å². The number of nitriles is 1. The van der Waals surface area contributed by atoms with Gasteiger partial charge in [0.15, 0.2) is 0 Å². The van der Waals surface area contributed by atoms with Crippen molar-refractivity contribution in [1.82, 2.24) is 0 Å². The van der Waals surface area contributed by atoms with Gasteiger partial charge in [0.2, 0.25) is 0 Å². The quantitative estimate of drug-likeness (QED) is 0.811. The topological polar surface area (TPSA) is 76.0 Å². The van der Waals surface area contributed by atoms with Crippen LogP contribution in [0.3, 0.4) is 0 Å². The molecule has 4 nitrogen and oxygen atoms in total. The van der Waals surface area contributed by atoms with E-state index >= 15 is 0 Å². The number of hydrogen-bond acceptors (Lipinski definition) is 3. The molecular formula is C8H4F3N2O2S-. The van der Waals surface area contributed by atoms with E-state index in [4.69, 9.17) is 5.26 Å². The molecule has 1 atom stereocenters. The van der Waals surface area contributed by atoms with E-state index in [-0.39, 0.29) is 5.56 Å². The van der Waals surface area contributed by atoms with Crippen LogP contribution in [0.2, 0.25) is 0 Å². The largest absolute Gasteiger partial charge is 0.755 e. The van der Waals surface area contributed by atoms with Crippen LogP contribution in [0.25, 0.3) is 0 Å². The lowest BCUT2D eigenvalue weighted by molar-refractivity contribution is -0.137. The molecule has 86 valence electrons. The predicted octanol–water partition coefficient (Wildman–Crippen LogP) is 1.78. The molecule has 0 heterocycles. The van der Waals surface area contributed by atoms with Crippen molar-refractivity contribution in [3.05, 3.63) is 29.3 Å². The molecule has 1 unspecified atom stereocenters. The Morgan fingerprint density at radius 3 is 2.50 bits per heavy atom. The van der Waals surface area contributed by atoms with E-state index in [1.165, 1.54) is 0 Å². The maximum absolute atomic E-state index is 12.3. The average molecular weight is 249 g/mol. The Bertz CT molecular complexity index is 467. The molecule has 0 amide bonds. The van der Waals surface area contributed by atoms with Crippen LogP contribution < -0.4 is 4.72 Å². The second-order valence-electron chi connectivity index (χ2n) is 2.71. The van der Waals surface area contributed by atoms with E-state index in [9.17, 15) is 21.9 Å². The first-order chi connectivity index (χ1) is 7.34. The lowest BCUT2D eigenvalue weighted by atomic mass is 10.1. The van der Waals surface area contributed by atoms with Crippen LogP contribution in [0.1, 0.15) is 11.1 Å². The van der Waals surface area contributed by atoms with E-state index in [0.29, 0.717) is 12.1 Å². The van der Waals surface area contributed by atoms with Gasteiger partial charge in [-0.15, -0.1) is 0 Å². The molecule has 0 aromatic heterocycles. The molecule has 0 radical (unpaired) electrons. The van der Waals surface area contributed by atoms with Crippen molar-refractivity contribution in [2.75, 3.05) is 4.72 Å². The van der Waals surface area contributed by atoms with Gasteiger partial charge < -0.3 is 9.27 Å². The lowest BCUT2D eigenvalue weighted by Crippen LogP contribution is -2.09. The Kier molecular flexibility index (Phi) is 3.51. The molecule has 0 aliphatic carbocycles. The predicted molar refractivity (Wildman–Crippen MR) is 48.7 cm³/mol. The molecule has 0 saturated heterocycles. The first kappa shape index (κ1) is 12.5. The summed E-state index contributed by atoms with van der Waals surface area (Å²) >= 11 is -2.78. The summed E-state index contributed by atoms with van der Waals surface area (Å²) in [5.74, 6) is 0. The van der Waals surface area contributed by atoms with Gasteiger partial charge in [0.25, 0.3) is 0 Å². The molecule has 0 saturated carbocycles. The minimum Gasteiger partial charge on any atom is -0.755 e. The molecule has 0 aliphatic heterocycles. The SMILES string of the molecule is N#Cc1ccc(C(F)(F)F)cc1NS(=O)[O-]. The standard InChI is InChI=1S/C8H5F3N2O2S/c9-8(10,11)6-2-1-5(4-12)7(3-6)13-16(14)15/h1-3,13H,(H,14,15)/p-1. The average Bonchev–Trinajstić information content (AvgIpc) is 2.15. The van der Waals surface area contributed by atoms with E-state index in [1.54, 1.807) is 10.8 Å². The fourth-order valence-corrected chi connectivity index (χ4v) is 1.34. The second kappa shape index (κ2) is 4.51. The highest BCUT2D eigenvalue weighted by molar-refractivity contribution is 7.80. The van der Waals surface area contributed by atoms with Gasteiger partial charge in [0.05, 0.1) is 16.8 Å². The van der Waals surface area contributed by atoms with E-state index in [2.05, 4.69) is 0 Å². The Morgan fingerprint density at radius 2 is 2.06 bits per heavy atom. The van der Waals surface area contributed by atoms with Crippen molar-refractivity contribution in [1.29, 1.82) is 5.26 Å². The van der Waals surface area contributed by atoms with Crippen LogP contribution in [0, 0.1) is 11.3 Å². The van der Waals surface area contributed by atoms with Gasteiger partial charge in [-0.3, -0.25) is 4.21 Å². The van der Waals surface area contributed by atoms with E-state index in [0.717, 1.165) is 6.07 Å². The Labute approximate surface area is 91.1 Å². The minimum atomic E-state index is -4.59. The number of hydrogen-bond donors (Lipinski definition) is 1. The molecular weight excluding hydrogens is 245 g/mol. The number of anilines is 1. The molecule has 0 bridgehead atoms. The van der Waals surface area contributed by atoms with Crippen molar-refractivity contribution in [2.45, 2.75) is 6.18 Å². The van der Waals surface area contributed by atoms with Crippen LogP contribution in [0.15, 0.2) is 18.2 Å². The van der Waals surface area contributed by atoms with E-state index in [1.807, 2.05) is 0 Å². The van der Waals surface area contributed by atoms with Crippen molar-refractivity contribution in [3.63, 3.8) is 0 Å². The third kappa shape index (κ3) is 2.95. The maximum Gasteiger partial charge on any atom is 0.416 e. The van der Waals surface area contributed by atoms with Gasteiger partial charge in [-0.25, -0.2) is 0 Å². The number of nitrogens with zero attached hydrogens (tertiary/aromatic N) is 1. The summed E-state index contributed by atoms with van der Waals surface area (Å²) in [5, 5.41) is 8.55. The van der Waals surface area contributed by atoms with Gasteiger partial charge >= 0.3 is 6.18 Å². The zero-order valence-electron chi connectivity index (χ0n) is 7.54. The molecule has 16 heavy (non-hydrogen) atoms. The molecule has 0 spiro atoms. The first-order valence-corrected chi connectivity index (χ1v) is 4.89. The first-order valence-electron chi connectivity index (χ1n) is 3.82. The van der Waals surface area contributed by atoms with Crippen LogP contribution >= 0.6 is 0 Å². The van der Waals surface area contributed by atoms with Gasteiger partial charge in [-0.1, -0.05) is 0 Å². The fourth-order valence-electron chi connectivity index (χ4n) is 0.992. The van der Waals surface area contributed by atoms with Gasteiger partial charge in [0.1, 0.15) is 6.07 Å². The molecule has 8 heteroatoms. The molecule has 1 N–H and O–H groups in total. The van der Waals surface area contributed by atoms with Gasteiger partial charge in [-0.05, 0) is 18.2 Å². The van der Waals surface area contributed by atoms with Crippen molar-refractivity contribution in [2.24, 2.45) is 0 Å². The smallest absolute Gasteiger partial charge is 0.416 e. The zero-order valence-corrected chi connectivity index (χ0v) is 8.35. The number of benzene rings is 1. The van der Waals surface area contributed by atoms with Gasteiger partial charge in [-0.2, -0.15) is 18.4 Å². The van der Waals surface area contributed by atoms with Crippen LogP contribution in [0.5, 0.6) is 0 Å². The van der Waals surface area contributed by atoms with Crippen LogP contribution in [-0.4, -0.2) is 8.76 Å². The highest BCUT2D eigenvalue weighted by atomic mass is 32.2. The molecule has 0 fully saturated rings. The van der Waals surface area contributed by atoms with Crippen molar-refractivity contribution >= 4 is 17.0 Å². The van der Waals surface area contributed by atoms with E-state index < -0.39 is 28.7 Å². The number of nitrogens with one attached hydrogen (secondary N) is 1. The maximum atomic E-state index is 12.3. The second-order valence-corrected chi connectivity index (χ2v) is 3.38. The Morgan fingerprint density at radius 1 is 1.44 bits per heavy atom. The molecule has 1 rings (SSSR count). The normalized spacial score (nSPS) is 12.9. The zero-order chi connectivity index (χ0) is 12.3. The fraction of sp³-hybridized carbons (Fsp3) is 0.125. The summed E-state index contributed by atoms with van der Waals surface area (Å²) in [4.78, 5) is 0. The molecule has 0 aliphatic rings. The van der Waals surface area contributed by atoms with Crippen molar-refractivity contribution in [3.8, 4) is 6.07 Å². The summed E-state index contributed by atoms with van der Waals surface area (Å²) in [6.07, 6.45) is -4.59. The Hall–Kier alpha value is -1.59. The number of rotatable bonds is 2. The molecule has 1 aromatic rings. The highest BCUT2D eigenvalue weighted by Gasteiger charge is 2.31. The lowest BCUT2D eigenvalue weighted by Gasteiger charge is -2.13. The minimum absolute atomic E-state index is 0.183. The summed E-state index contributed by atoms with van der Waals surface area (Å²) in [6.45, 7) is 0. The monoisotopic (exact) mass is 249 g/mol. The Balaban J connectivity index is 3.23. The summed E-state index contributed by atoms with van der Waals surface area (Å²) in [5.41, 5.74) is -1.61.